The van der Waals surface area contributed by atoms with Crippen LogP contribution in [0.5, 0.6) is 0 Å². The Hall–Kier alpha value is -4.38. The fraction of sp³-hybridized carbons (Fsp3) is 0.250. The molecule has 0 heterocycles. The normalized spacial score (nSPS) is 10.4. The minimum atomic E-state index is -0.243. The van der Waals surface area contributed by atoms with Crippen molar-refractivity contribution >= 4 is 17.5 Å². The van der Waals surface area contributed by atoms with Crippen LogP contribution in [0.4, 0.5) is 10.1 Å². The molecule has 0 aliphatic carbocycles. The molecule has 0 aliphatic rings. The van der Waals surface area contributed by atoms with Crippen LogP contribution >= 0.6 is 0 Å². The molecule has 218 valence electrons. The van der Waals surface area contributed by atoms with E-state index in [-0.39, 0.29) is 5.83 Å². The van der Waals surface area contributed by atoms with Crippen LogP contribution in [0.1, 0.15) is 45.7 Å². The van der Waals surface area contributed by atoms with Gasteiger partial charge in [-0.05, 0) is 67.7 Å². The first-order valence-electron chi connectivity index (χ1n) is 14.0. The van der Waals surface area contributed by atoms with Crippen molar-refractivity contribution < 1.29 is 4.39 Å². The molecule has 0 amide bonds. The highest BCUT2D eigenvalue weighted by Crippen LogP contribution is 2.28. The van der Waals surface area contributed by atoms with E-state index in [1.54, 1.807) is 20.9 Å². The van der Waals surface area contributed by atoms with Crippen molar-refractivity contribution in [1.29, 1.82) is 0 Å². The van der Waals surface area contributed by atoms with E-state index in [1.807, 2.05) is 44.2 Å². The molecule has 3 aromatic carbocycles. The summed E-state index contributed by atoms with van der Waals surface area (Å²) in [6.07, 6.45) is 3.29. The Morgan fingerprint density at radius 3 is 2.02 bits per heavy atom. The number of aliphatic imine (C=N–C) groups is 1. The summed E-state index contributed by atoms with van der Waals surface area (Å²) in [6.45, 7) is 21.4. The summed E-state index contributed by atoms with van der Waals surface area (Å²) in [5, 5.41) is 10.2. The van der Waals surface area contributed by atoms with Crippen molar-refractivity contribution in [3.05, 3.63) is 132 Å². The first-order valence-corrected chi connectivity index (χ1v) is 14.0. The van der Waals surface area contributed by atoms with E-state index in [1.165, 1.54) is 22.9 Å². The molecule has 3 rings (SSSR count). The molecule has 0 fully saturated rings. The van der Waals surface area contributed by atoms with Crippen molar-refractivity contribution in [2.75, 3.05) is 25.5 Å². The van der Waals surface area contributed by atoms with Crippen molar-refractivity contribution in [3.63, 3.8) is 0 Å². The number of hydrogen-bond acceptors (Lipinski definition) is 4. The third kappa shape index (κ3) is 13.0. The van der Waals surface area contributed by atoms with Gasteiger partial charge in [0, 0.05) is 37.1 Å². The molecule has 0 saturated heterocycles. The van der Waals surface area contributed by atoms with Gasteiger partial charge in [0.1, 0.15) is 5.83 Å². The van der Waals surface area contributed by atoms with Crippen LogP contribution in [0.15, 0.2) is 126 Å². The van der Waals surface area contributed by atoms with Crippen molar-refractivity contribution in [2.24, 2.45) is 4.99 Å². The van der Waals surface area contributed by atoms with Gasteiger partial charge in [-0.3, -0.25) is 4.99 Å². The van der Waals surface area contributed by atoms with Crippen molar-refractivity contribution in [1.82, 2.24) is 10.6 Å². The van der Waals surface area contributed by atoms with Crippen molar-refractivity contribution in [2.45, 2.75) is 41.5 Å². The van der Waals surface area contributed by atoms with Gasteiger partial charge < -0.3 is 16.0 Å². The van der Waals surface area contributed by atoms with Crippen LogP contribution in [-0.2, 0) is 0 Å². The van der Waals surface area contributed by atoms with E-state index in [2.05, 4.69) is 103 Å². The van der Waals surface area contributed by atoms with Crippen LogP contribution in [0, 0.1) is 6.92 Å². The summed E-state index contributed by atoms with van der Waals surface area (Å²) < 4.78 is 12.3. The molecule has 4 nitrogen and oxygen atoms in total. The lowest BCUT2D eigenvalue weighted by Gasteiger charge is -2.16. The Balaban J connectivity index is 0.000000725. The quantitative estimate of drug-likeness (QED) is 0.126. The average molecular weight is 555 g/mol. The highest BCUT2D eigenvalue weighted by molar-refractivity contribution is 5.79. The number of nitrogens with zero attached hydrogens (tertiary/aromatic N) is 1. The third-order valence-electron chi connectivity index (χ3n) is 5.77. The molecule has 41 heavy (non-hydrogen) atoms. The van der Waals surface area contributed by atoms with E-state index >= 15 is 0 Å². The summed E-state index contributed by atoms with van der Waals surface area (Å²) in [4.78, 5) is 3.50. The van der Waals surface area contributed by atoms with Crippen LogP contribution in [0.25, 0.3) is 16.7 Å². The predicted octanol–water partition coefficient (Wildman–Crippen LogP) is 9.32. The van der Waals surface area contributed by atoms with Crippen LogP contribution in [-0.4, -0.2) is 26.4 Å². The molecule has 0 spiro atoms. The van der Waals surface area contributed by atoms with Crippen molar-refractivity contribution in [3.8, 4) is 11.1 Å². The first kappa shape index (κ1) is 34.6. The van der Waals surface area contributed by atoms with Crippen LogP contribution in [0.2, 0.25) is 0 Å². The largest absolute Gasteiger partial charge is 0.387 e. The number of anilines is 1. The molecule has 5 heteroatoms. The standard InChI is InChI=1S/C28H31N3.C6H10FN.C2H6/c1-21-12-8-9-15-26(21)22(2)20-23(3)29-18-19-30-24(4)31-28-17-11-10-16-27(28)25-13-6-5-7-14-25;1-5(2)6(7)4-8-3;1-2/h5-17,20,29-31H,2,4,18-19H2,1,3H3;4H,1-3H3;1-2H3/b23-20+;;. The molecule has 0 radical (unpaired) electrons. The fourth-order valence-electron chi connectivity index (χ4n) is 3.71. The number of aryl methyl sites for hydroxylation is 1. The van der Waals surface area contributed by atoms with E-state index < -0.39 is 0 Å². The molecule has 0 aliphatic heterocycles. The minimum absolute atomic E-state index is 0.243. The Kier molecular flexibility index (Phi) is 16.6. The van der Waals surface area contributed by atoms with Gasteiger partial charge in [0.2, 0.25) is 0 Å². The van der Waals surface area contributed by atoms with Gasteiger partial charge in [-0.15, -0.1) is 0 Å². The number of allylic oxidation sites excluding steroid dienone is 5. The van der Waals surface area contributed by atoms with E-state index in [0.717, 1.165) is 41.4 Å². The van der Waals surface area contributed by atoms with Gasteiger partial charge >= 0.3 is 0 Å². The lowest BCUT2D eigenvalue weighted by Crippen LogP contribution is -2.28. The Labute approximate surface area is 247 Å². The highest BCUT2D eigenvalue weighted by atomic mass is 19.1. The molecular formula is C36H47FN4. The number of para-hydroxylation sites is 1. The SMILES string of the molecule is C=C(NCCN/C(C)=C/C(=C)c1ccccc1C)Nc1ccccc1-c1ccccc1.CC.CN=CC(F)=C(C)C. The number of benzene rings is 3. The lowest BCUT2D eigenvalue weighted by atomic mass is 10.0. The Morgan fingerprint density at radius 1 is 0.829 bits per heavy atom. The van der Waals surface area contributed by atoms with Crippen LogP contribution in [0.3, 0.4) is 0 Å². The van der Waals surface area contributed by atoms with E-state index in [0.29, 0.717) is 5.57 Å². The zero-order valence-corrected chi connectivity index (χ0v) is 25.8. The third-order valence-corrected chi connectivity index (χ3v) is 5.77. The van der Waals surface area contributed by atoms with Gasteiger partial charge in [0.15, 0.2) is 0 Å². The number of rotatable bonds is 11. The summed E-state index contributed by atoms with van der Waals surface area (Å²) in [6, 6.07) is 26.9. The second-order valence-electron chi connectivity index (χ2n) is 9.27. The van der Waals surface area contributed by atoms with Gasteiger partial charge in [-0.2, -0.15) is 0 Å². The number of hydrogen-bond donors (Lipinski definition) is 3. The summed E-state index contributed by atoms with van der Waals surface area (Å²) in [5.74, 6) is 0.531. The molecule has 0 bridgehead atoms. The molecular weight excluding hydrogens is 507 g/mol. The topological polar surface area (TPSA) is 48.4 Å². The van der Waals surface area contributed by atoms with Gasteiger partial charge in [-0.1, -0.05) is 99.8 Å². The maximum Gasteiger partial charge on any atom is 0.139 e. The highest BCUT2D eigenvalue weighted by Gasteiger charge is 2.05. The minimum Gasteiger partial charge on any atom is -0.387 e. The van der Waals surface area contributed by atoms with Gasteiger partial charge in [-0.25, -0.2) is 4.39 Å². The second kappa shape index (κ2) is 19.6. The monoisotopic (exact) mass is 554 g/mol. The van der Waals surface area contributed by atoms with Gasteiger partial charge in [0.25, 0.3) is 0 Å². The predicted molar refractivity (Wildman–Crippen MR) is 180 cm³/mol. The smallest absolute Gasteiger partial charge is 0.139 e. The maximum atomic E-state index is 12.3. The second-order valence-corrected chi connectivity index (χ2v) is 9.27. The molecule has 0 saturated carbocycles. The lowest BCUT2D eigenvalue weighted by molar-refractivity contribution is 0.673. The zero-order chi connectivity index (χ0) is 30.6. The fourth-order valence-corrected chi connectivity index (χ4v) is 3.71. The summed E-state index contributed by atoms with van der Waals surface area (Å²) in [7, 11) is 1.54. The first-order chi connectivity index (χ1) is 19.7. The maximum absolute atomic E-state index is 12.3. The zero-order valence-electron chi connectivity index (χ0n) is 25.8. The van der Waals surface area contributed by atoms with Gasteiger partial charge in [0.05, 0.1) is 12.0 Å². The molecule has 0 atom stereocenters. The Morgan fingerprint density at radius 2 is 1.41 bits per heavy atom. The Bertz CT molecular complexity index is 1320. The molecule has 0 unspecified atom stereocenters. The van der Waals surface area contributed by atoms with E-state index in [4.69, 9.17) is 0 Å². The molecule has 3 aromatic rings. The number of nitrogens with one attached hydrogen (secondary N) is 3. The average Bonchev–Trinajstić information content (AvgIpc) is 2.98. The molecule has 0 aromatic heterocycles. The van der Waals surface area contributed by atoms with Crippen LogP contribution < -0.4 is 16.0 Å². The van der Waals surface area contributed by atoms with E-state index in [9.17, 15) is 4.39 Å². The molecule has 3 N–H and O–H groups in total. The summed E-state index contributed by atoms with van der Waals surface area (Å²) in [5.41, 5.74) is 8.53. The number of halogens is 1. The summed E-state index contributed by atoms with van der Waals surface area (Å²) >= 11 is 0.